The average molecular weight is 431 g/mol. The van der Waals surface area contributed by atoms with Gasteiger partial charge in [-0.15, -0.1) is 11.3 Å². The van der Waals surface area contributed by atoms with Crippen LogP contribution >= 0.6 is 22.9 Å². The Hall–Kier alpha value is -1.48. The van der Waals surface area contributed by atoms with E-state index in [0.717, 1.165) is 11.3 Å². The lowest BCUT2D eigenvalue weighted by Gasteiger charge is -2.38. The Bertz CT molecular complexity index is 948. The molecule has 1 amide bonds. The predicted octanol–water partition coefficient (Wildman–Crippen LogP) is 3.65. The number of benzene rings is 1. The first kappa shape index (κ1) is 20.3. The zero-order chi connectivity index (χ0) is 19.7. The van der Waals surface area contributed by atoms with E-state index in [1.165, 1.54) is 22.5 Å². The third-order valence-corrected chi connectivity index (χ3v) is 8.24. The van der Waals surface area contributed by atoms with Gasteiger partial charge in [0.05, 0.1) is 9.75 Å². The molecule has 0 spiro atoms. The summed E-state index contributed by atoms with van der Waals surface area (Å²) in [5, 5.41) is 2.81. The van der Waals surface area contributed by atoms with Crippen LogP contribution in [0.4, 0.5) is 4.39 Å². The number of thiophene rings is 1. The second-order valence-electron chi connectivity index (χ2n) is 6.87. The summed E-state index contributed by atoms with van der Waals surface area (Å²) in [7, 11) is -3.68. The van der Waals surface area contributed by atoms with Crippen molar-refractivity contribution in [1.29, 1.82) is 0 Å². The van der Waals surface area contributed by atoms with Crippen molar-refractivity contribution >= 4 is 38.9 Å². The Morgan fingerprint density at radius 1 is 1.37 bits per heavy atom. The molecule has 1 N–H and O–H groups in total. The zero-order valence-corrected chi connectivity index (χ0v) is 17.1. The van der Waals surface area contributed by atoms with Crippen molar-refractivity contribution in [3.63, 3.8) is 0 Å². The second kappa shape index (κ2) is 7.87. The fraction of sp³-hybridized carbons (Fsp3) is 0.389. The summed E-state index contributed by atoms with van der Waals surface area (Å²) in [5.74, 6) is -0.603. The van der Waals surface area contributed by atoms with Crippen molar-refractivity contribution in [3.8, 4) is 0 Å². The molecule has 1 aromatic heterocycles. The molecule has 2 aromatic rings. The fourth-order valence-electron chi connectivity index (χ4n) is 3.19. The Kier molecular flexibility index (Phi) is 5.90. The van der Waals surface area contributed by atoms with E-state index < -0.39 is 15.4 Å². The number of nitrogens with one attached hydrogen (secondary N) is 1. The maximum Gasteiger partial charge on any atom is 0.252 e. The molecule has 27 heavy (non-hydrogen) atoms. The van der Waals surface area contributed by atoms with Crippen LogP contribution in [0.15, 0.2) is 40.6 Å². The van der Waals surface area contributed by atoms with Crippen LogP contribution in [0, 0.1) is 11.2 Å². The standard InChI is InChI=1S/C18H20ClFN2O3S2/c1-18(17(23)21-11-13-4-2-5-14(20)10-13)8-3-9-22(12-18)27(24,25)16-7-6-15(19)26-16/h2,4-7,10H,3,8-9,11-12H2,1H3,(H,21,23)/t18-/m0/s1. The van der Waals surface area contributed by atoms with Crippen LogP contribution in [0.5, 0.6) is 0 Å². The largest absolute Gasteiger partial charge is 0.352 e. The van der Waals surface area contributed by atoms with Gasteiger partial charge in [0.15, 0.2) is 0 Å². The minimum Gasteiger partial charge on any atom is -0.352 e. The van der Waals surface area contributed by atoms with Crippen molar-refractivity contribution in [1.82, 2.24) is 9.62 Å². The molecule has 1 saturated heterocycles. The summed E-state index contributed by atoms with van der Waals surface area (Å²) in [5.41, 5.74) is -0.194. The van der Waals surface area contributed by atoms with Crippen LogP contribution in [0.3, 0.4) is 0 Å². The monoisotopic (exact) mass is 430 g/mol. The van der Waals surface area contributed by atoms with Crippen LogP contribution in [-0.4, -0.2) is 31.7 Å². The molecule has 1 aliphatic rings. The van der Waals surface area contributed by atoms with Crippen LogP contribution < -0.4 is 5.32 Å². The molecule has 1 fully saturated rings. The van der Waals surface area contributed by atoms with Gasteiger partial charge in [0, 0.05) is 19.6 Å². The third-order valence-electron chi connectivity index (χ3n) is 4.69. The average Bonchev–Trinajstić information content (AvgIpc) is 3.07. The second-order valence-corrected chi connectivity index (χ2v) is 10.8. The molecular weight excluding hydrogens is 411 g/mol. The Morgan fingerprint density at radius 3 is 2.81 bits per heavy atom. The third kappa shape index (κ3) is 4.51. The number of halogens is 2. The predicted molar refractivity (Wildman–Crippen MR) is 104 cm³/mol. The zero-order valence-electron chi connectivity index (χ0n) is 14.7. The van der Waals surface area contributed by atoms with E-state index in [4.69, 9.17) is 11.6 Å². The summed E-state index contributed by atoms with van der Waals surface area (Å²) < 4.78 is 40.9. The molecule has 3 rings (SSSR count). The van der Waals surface area contributed by atoms with E-state index in [0.29, 0.717) is 29.3 Å². The number of sulfonamides is 1. The minimum atomic E-state index is -3.68. The number of carbonyl (C=O) groups is 1. The molecule has 0 saturated carbocycles. The molecule has 5 nitrogen and oxygen atoms in total. The van der Waals surface area contributed by atoms with Gasteiger partial charge in [0.2, 0.25) is 5.91 Å². The van der Waals surface area contributed by atoms with Crippen molar-refractivity contribution in [2.45, 2.75) is 30.5 Å². The van der Waals surface area contributed by atoms with E-state index in [-0.39, 0.29) is 29.0 Å². The topological polar surface area (TPSA) is 66.5 Å². The van der Waals surface area contributed by atoms with Gasteiger partial charge in [-0.2, -0.15) is 4.31 Å². The molecule has 0 unspecified atom stereocenters. The highest BCUT2D eigenvalue weighted by Crippen LogP contribution is 2.35. The Labute approximate surface area is 167 Å². The van der Waals surface area contributed by atoms with E-state index in [9.17, 15) is 17.6 Å². The van der Waals surface area contributed by atoms with Gasteiger partial charge in [0.1, 0.15) is 10.0 Å². The molecule has 0 bridgehead atoms. The maximum atomic E-state index is 13.3. The quantitative estimate of drug-likeness (QED) is 0.787. The fourth-order valence-corrected chi connectivity index (χ4v) is 6.43. The van der Waals surface area contributed by atoms with E-state index in [1.54, 1.807) is 25.1 Å². The summed E-state index contributed by atoms with van der Waals surface area (Å²) in [6.07, 6.45) is 1.17. The highest BCUT2D eigenvalue weighted by Gasteiger charge is 2.42. The molecule has 146 valence electrons. The van der Waals surface area contributed by atoms with Gasteiger partial charge in [-0.3, -0.25) is 4.79 Å². The normalized spacial score (nSPS) is 21.1. The number of hydrogen-bond acceptors (Lipinski definition) is 4. The van der Waals surface area contributed by atoms with E-state index in [2.05, 4.69) is 5.32 Å². The van der Waals surface area contributed by atoms with Crippen LogP contribution in [0.2, 0.25) is 4.34 Å². The molecule has 1 atom stereocenters. The Morgan fingerprint density at radius 2 is 2.15 bits per heavy atom. The molecule has 0 aliphatic carbocycles. The molecule has 1 aliphatic heterocycles. The van der Waals surface area contributed by atoms with Crippen LogP contribution in [-0.2, 0) is 21.4 Å². The lowest BCUT2D eigenvalue weighted by molar-refractivity contribution is -0.132. The van der Waals surface area contributed by atoms with Crippen molar-refractivity contribution in [3.05, 3.63) is 52.1 Å². The van der Waals surface area contributed by atoms with Crippen LogP contribution in [0.1, 0.15) is 25.3 Å². The van der Waals surface area contributed by atoms with Crippen molar-refractivity contribution in [2.75, 3.05) is 13.1 Å². The number of piperidine rings is 1. The highest BCUT2D eigenvalue weighted by atomic mass is 35.5. The molecule has 9 heteroatoms. The number of rotatable bonds is 5. The molecule has 2 heterocycles. The van der Waals surface area contributed by atoms with Gasteiger partial charge in [-0.25, -0.2) is 12.8 Å². The summed E-state index contributed by atoms with van der Waals surface area (Å²) in [6.45, 7) is 2.42. The maximum absolute atomic E-state index is 13.3. The van der Waals surface area contributed by atoms with Crippen LogP contribution in [0.25, 0.3) is 0 Å². The SMILES string of the molecule is C[C@]1(C(=O)NCc2cccc(F)c2)CCCN(S(=O)(=O)c2ccc(Cl)s2)C1. The highest BCUT2D eigenvalue weighted by molar-refractivity contribution is 7.91. The van der Waals surface area contributed by atoms with Gasteiger partial charge >= 0.3 is 0 Å². The lowest BCUT2D eigenvalue weighted by atomic mass is 9.82. The van der Waals surface area contributed by atoms with Gasteiger partial charge in [-0.05, 0) is 49.6 Å². The first-order chi connectivity index (χ1) is 12.7. The summed E-state index contributed by atoms with van der Waals surface area (Å²) >= 11 is 6.87. The van der Waals surface area contributed by atoms with Gasteiger partial charge in [0.25, 0.3) is 10.0 Å². The minimum absolute atomic E-state index is 0.0971. The molecular formula is C18H20ClFN2O3S2. The van der Waals surface area contributed by atoms with Gasteiger partial charge < -0.3 is 5.32 Å². The molecule has 1 aromatic carbocycles. The van der Waals surface area contributed by atoms with Gasteiger partial charge in [-0.1, -0.05) is 23.7 Å². The first-order valence-corrected chi connectivity index (χ1v) is 11.1. The number of amides is 1. The smallest absolute Gasteiger partial charge is 0.252 e. The summed E-state index contributed by atoms with van der Waals surface area (Å²) in [6, 6.07) is 9.05. The Balaban J connectivity index is 1.70. The van der Waals surface area contributed by atoms with E-state index in [1.807, 2.05) is 0 Å². The first-order valence-electron chi connectivity index (χ1n) is 8.49. The lowest BCUT2D eigenvalue weighted by Crippen LogP contribution is -2.51. The number of carbonyl (C=O) groups excluding carboxylic acids is 1. The van der Waals surface area contributed by atoms with Crippen molar-refractivity contribution in [2.24, 2.45) is 5.41 Å². The summed E-state index contributed by atoms with van der Waals surface area (Å²) in [4.78, 5) is 12.7. The number of hydrogen-bond donors (Lipinski definition) is 1. The van der Waals surface area contributed by atoms with Crippen molar-refractivity contribution < 1.29 is 17.6 Å². The van der Waals surface area contributed by atoms with E-state index >= 15 is 0 Å². The number of nitrogens with zero attached hydrogens (tertiary/aromatic N) is 1. The molecule has 0 radical (unpaired) electrons.